The maximum Gasteiger partial charge on any atom is 0.119 e. The molecular weight excluding hydrogens is 274 g/mol. The zero-order valence-electron chi connectivity index (χ0n) is 11.3. The van der Waals surface area contributed by atoms with E-state index >= 15 is 0 Å². The summed E-state index contributed by atoms with van der Waals surface area (Å²) >= 11 is 6.29. The molecular formula is C16H18ClNO2. The number of methoxy groups -OCH3 is 1. The highest BCUT2D eigenvalue weighted by Crippen LogP contribution is 2.29. The van der Waals surface area contributed by atoms with Gasteiger partial charge in [-0.05, 0) is 29.3 Å². The summed E-state index contributed by atoms with van der Waals surface area (Å²) in [5, 5.41) is 13.1. The normalized spacial score (nSPS) is 12.2. The molecule has 4 heteroatoms. The molecule has 0 fully saturated rings. The van der Waals surface area contributed by atoms with Gasteiger partial charge in [-0.25, -0.2) is 0 Å². The number of hydrogen-bond donors (Lipinski definition) is 2. The molecule has 20 heavy (non-hydrogen) atoms. The van der Waals surface area contributed by atoms with Crippen molar-refractivity contribution < 1.29 is 9.84 Å². The Hall–Kier alpha value is -1.55. The zero-order valence-corrected chi connectivity index (χ0v) is 12.1. The van der Waals surface area contributed by atoms with Gasteiger partial charge in [-0.2, -0.15) is 0 Å². The molecule has 0 heterocycles. The lowest BCUT2D eigenvalue weighted by atomic mass is 9.98. The van der Waals surface area contributed by atoms with E-state index in [1.54, 1.807) is 7.11 Å². The first kappa shape index (κ1) is 14.9. The molecule has 2 rings (SSSR count). The minimum atomic E-state index is -0.0778. The average molecular weight is 292 g/mol. The Bertz CT molecular complexity index is 560. The lowest BCUT2D eigenvalue weighted by Gasteiger charge is -2.21. The minimum Gasteiger partial charge on any atom is -0.497 e. The number of aliphatic hydroxyl groups excluding tert-OH is 1. The summed E-state index contributed by atoms with van der Waals surface area (Å²) in [6.07, 6.45) is 0. The summed E-state index contributed by atoms with van der Waals surface area (Å²) in [5.74, 6) is 0.797. The molecule has 2 N–H and O–H groups in total. The van der Waals surface area contributed by atoms with Gasteiger partial charge in [0, 0.05) is 11.6 Å². The summed E-state index contributed by atoms with van der Waals surface area (Å²) in [7, 11) is 1.64. The summed E-state index contributed by atoms with van der Waals surface area (Å²) in [4.78, 5) is 0. The van der Waals surface area contributed by atoms with Gasteiger partial charge in [-0.15, -0.1) is 0 Å². The predicted molar refractivity (Wildman–Crippen MR) is 81.4 cm³/mol. The van der Waals surface area contributed by atoms with E-state index in [-0.39, 0.29) is 12.6 Å². The third kappa shape index (κ3) is 3.51. The molecule has 0 aromatic heterocycles. The Morgan fingerprint density at radius 2 is 2.00 bits per heavy atom. The second kappa shape index (κ2) is 7.29. The molecule has 0 saturated carbocycles. The van der Waals surface area contributed by atoms with Crippen molar-refractivity contribution in [2.24, 2.45) is 0 Å². The standard InChI is InChI=1S/C16H18ClNO2/c1-20-13-6-4-5-12(11-13)16(18-9-10-19)14-7-2-3-8-15(14)17/h2-8,11,16,18-19H,9-10H2,1H3. The Morgan fingerprint density at radius 3 is 2.70 bits per heavy atom. The SMILES string of the molecule is COc1cccc(C(NCCO)c2ccccc2Cl)c1. The number of hydrogen-bond acceptors (Lipinski definition) is 3. The molecule has 2 aromatic rings. The van der Waals surface area contributed by atoms with Gasteiger partial charge < -0.3 is 15.2 Å². The van der Waals surface area contributed by atoms with Crippen molar-refractivity contribution in [3.63, 3.8) is 0 Å². The minimum absolute atomic E-state index is 0.0743. The maximum atomic E-state index is 9.06. The molecule has 0 aliphatic rings. The van der Waals surface area contributed by atoms with Crippen molar-refractivity contribution >= 4 is 11.6 Å². The molecule has 1 atom stereocenters. The van der Waals surface area contributed by atoms with Gasteiger partial charge in [0.25, 0.3) is 0 Å². The van der Waals surface area contributed by atoms with Crippen LogP contribution in [0.3, 0.4) is 0 Å². The first-order valence-electron chi connectivity index (χ1n) is 6.49. The van der Waals surface area contributed by atoms with Crippen molar-refractivity contribution in [3.05, 3.63) is 64.7 Å². The van der Waals surface area contributed by atoms with E-state index in [1.165, 1.54) is 0 Å². The van der Waals surface area contributed by atoms with Crippen LogP contribution in [0.1, 0.15) is 17.2 Å². The van der Waals surface area contributed by atoms with Crippen molar-refractivity contribution in [3.8, 4) is 5.75 Å². The van der Waals surface area contributed by atoms with E-state index in [2.05, 4.69) is 5.32 Å². The van der Waals surface area contributed by atoms with E-state index in [0.29, 0.717) is 11.6 Å². The summed E-state index contributed by atoms with van der Waals surface area (Å²) < 4.78 is 5.27. The van der Waals surface area contributed by atoms with Crippen LogP contribution >= 0.6 is 11.6 Å². The molecule has 0 aliphatic carbocycles. The van der Waals surface area contributed by atoms with E-state index < -0.39 is 0 Å². The van der Waals surface area contributed by atoms with Crippen molar-refractivity contribution in [2.45, 2.75) is 6.04 Å². The van der Waals surface area contributed by atoms with Crippen molar-refractivity contribution in [2.75, 3.05) is 20.3 Å². The fraction of sp³-hybridized carbons (Fsp3) is 0.250. The van der Waals surface area contributed by atoms with Crippen LogP contribution in [0.5, 0.6) is 5.75 Å². The monoisotopic (exact) mass is 291 g/mol. The smallest absolute Gasteiger partial charge is 0.119 e. The number of rotatable bonds is 6. The Kier molecular flexibility index (Phi) is 5.41. The Balaban J connectivity index is 2.38. The van der Waals surface area contributed by atoms with Gasteiger partial charge in [0.15, 0.2) is 0 Å². The molecule has 0 aliphatic heterocycles. The number of aliphatic hydroxyl groups is 1. The topological polar surface area (TPSA) is 41.5 Å². The number of ether oxygens (including phenoxy) is 1. The fourth-order valence-electron chi connectivity index (χ4n) is 2.15. The van der Waals surface area contributed by atoms with Crippen LogP contribution in [0.4, 0.5) is 0 Å². The van der Waals surface area contributed by atoms with Crippen LogP contribution in [0, 0.1) is 0 Å². The van der Waals surface area contributed by atoms with Crippen LogP contribution in [0.15, 0.2) is 48.5 Å². The first-order chi connectivity index (χ1) is 9.76. The summed E-state index contributed by atoms with van der Waals surface area (Å²) in [6, 6.07) is 15.5. The second-order valence-corrected chi connectivity index (χ2v) is 4.82. The highest BCUT2D eigenvalue weighted by atomic mass is 35.5. The molecule has 2 aromatic carbocycles. The maximum absolute atomic E-state index is 9.06. The van der Waals surface area contributed by atoms with Gasteiger partial charge in [-0.3, -0.25) is 0 Å². The largest absolute Gasteiger partial charge is 0.497 e. The van der Waals surface area contributed by atoms with Gasteiger partial charge in [0.1, 0.15) is 5.75 Å². The molecule has 0 spiro atoms. The first-order valence-corrected chi connectivity index (χ1v) is 6.86. The number of nitrogens with one attached hydrogen (secondary N) is 1. The molecule has 0 saturated heterocycles. The quantitative estimate of drug-likeness (QED) is 0.860. The molecule has 0 amide bonds. The zero-order chi connectivity index (χ0) is 14.4. The molecule has 106 valence electrons. The van der Waals surface area contributed by atoms with Crippen LogP contribution in [-0.4, -0.2) is 25.4 Å². The van der Waals surface area contributed by atoms with E-state index in [4.69, 9.17) is 21.4 Å². The molecule has 0 bridgehead atoms. The van der Waals surface area contributed by atoms with Gasteiger partial charge in [0.05, 0.1) is 19.8 Å². The van der Waals surface area contributed by atoms with Gasteiger partial charge in [0.2, 0.25) is 0 Å². The third-order valence-corrected chi connectivity index (χ3v) is 3.45. The van der Waals surface area contributed by atoms with E-state index in [1.807, 2.05) is 48.5 Å². The number of halogens is 1. The summed E-state index contributed by atoms with van der Waals surface area (Å²) in [5.41, 5.74) is 2.03. The van der Waals surface area contributed by atoms with Crippen LogP contribution in [0.25, 0.3) is 0 Å². The van der Waals surface area contributed by atoms with E-state index in [0.717, 1.165) is 16.9 Å². The third-order valence-electron chi connectivity index (χ3n) is 3.10. The van der Waals surface area contributed by atoms with Crippen molar-refractivity contribution in [1.82, 2.24) is 5.32 Å². The van der Waals surface area contributed by atoms with Crippen LogP contribution in [0.2, 0.25) is 5.02 Å². The fourth-order valence-corrected chi connectivity index (χ4v) is 2.39. The van der Waals surface area contributed by atoms with Crippen molar-refractivity contribution in [1.29, 1.82) is 0 Å². The second-order valence-electron chi connectivity index (χ2n) is 4.41. The lowest BCUT2D eigenvalue weighted by Crippen LogP contribution is -2.25. The van der Waals surface area contributed by atoms with Gasteiger partial charge in [-0.1, -0.05) is 41.9 Å². The molecule has 1 unspecified atom stereocenters. The molecule has 3 nitrogen and oxygen atoms in total. The van der Waals surface area contributed by atoms with Crippen LogP contribution < -0.4 is 10.1 Å². The van der Waals surface area contributed by atoms with Gasteiger partial charge >= 0.3 is 0 Å². The van der Waals surface area contributed by atoms with E-state index in [9.17, 15) is 0 Å². The highest BCUT2D eigenvalue weighted by molar-refractivity contribution is 6.31. The van der Waals surface area contributed by atoms with Crippen LogP contribution in [-0.2, 0) is 0 Å². The Labute approximate surface area is 124 Å². The molecule has 0 radical (unpaired) electrons. The number of benzene rings is 2. The lowest BCUT2D eigenvalue weighted by molar-refractivity contribution is 0.288. The predicted octanol–water partition coefficient (Wildman–Crippen LogP) is 3.02. The summed E-state index contributed by atoms with van der Waals surface area (Å²) in [6.45, 7) is 0.567. The Morgan fingerprint density at radius 1 is 1.20 bits per heavy atom. The average Bonchev–Trinajstić information content (AvgIpc) is 2.49. The highest BCUT2D eigenvalue weighted by Gasteiger charge is 2.16.